The molecule has 3 nitrogen and oxygen atoms in total. The zero-order chi connectivity index (χ0) is 10.8. The van der Waals surface area contributed by atoms with Crippen LogP contribution >= 0.6 is 0 Å². The summed E-state index contributed by atoms with van der Waals surface area (Å²) < 4.78 is 5.84. The number of anilines is 1. The van der Waals surface area contributed by atoms with Gasteiger partial charge in [0.05, 0.1) is 11.7 Å². The maximum atomic E-state index is 8.93. The average Bonchev–Trinajstić information content (AvgIpc) is 2.21. The second kappa shape index (κ2) is 4.11. The van der Waals surface area contributed by atoms with Gasteiger partial charge >= 0.3 is 0 Å². The van der Waals surface area contributed by atoms with Gasteiger partial charge < -0.3 is 15.2 Å². The summed E-state index contributed by atoms with van der Waals surface area (Å²) in [6.45, 7) is 4.31. The third kappa shape index (κ3) is 1.92. The van der Waals surface area contributed by atoms with Crippen LogP contribution < -0.4 is 10.1 Å². The molecule has 1 aromatic carbocycles. The Morgan fingerprint density at radius 1 is 1.47 bits per heavy atom. The van der Waals surface area contributed by atoms with E-state index in [1.807, 2.05) is 12.1 Å². The van der Waals surface area contributed by atoms with Crippen molar-refractivity contribution in [3.8, 4) is 5.75 Å². The minimum atomic E-state index is 0.0595. The van der Waals surface area contributed by atoms with Gasteiger partial charge in [0.25, 0.3) is 0 Å². The van der Waals surface area contributed by atoms with E-state index in [4.69, 9.17) is 9.84 Å². The number of benzene rings is 1. The van der Waals surface area contributed by atoms with E-state index in [-0.39, 0.29) is 18.8 Å². The molecule has 2 N–H and O–H groups in total. The fraction of sp³-hybridized carbons (Fsp3) is 0.500. The monoisotopic (exact) mass is 207 g/mol. The molecule has 1 heterocycles. The number of rotatable bonds is 2. The van der Waals surface area contributed by atoms with E-state index in [1.165, 1.54) is 5.56 Å². The zero-order valence-corrected chi connectivity index (χ0v) is 9.16. The van der Waals surface area contributed by atoms with Crippen molar-refractivity contribution in [2.45, 2.75) is 32.4 Å². The Kier molecular flexibility index (Phi) is 2.82. The number of ether oxygens (including phenoxy) is 1. The van der Waals surface area contributed by atoms with Gasteiger partial charge in [-0.05, 0) is 25.5 Å². The molecule has 0 spiro atoms. The first-order valence-corrected chi connectivity index (χ1v) is 5.36. The lowest BCUT2D eigenvalue weighted by Gasteiger charge is -2.33. The highest BCUT2D eigenvalue weighted by Crippen LogP contribution is 2.34. The second-order valence-electron chi connectivity index (χ2n) is 4.05. The standard InChI is InChI=1S/C12H17NO2/c1-8-4-3-5-11-12(8)13-9(2)10(15-11)6-7-14/h3-5,9-10,13-14H,6-7H2,1-2H3. The molecule has 2 unspecified atom stereocenters. The number of fused-ring (bicyclic) bond motifs is 1. The quantitative estimate of drug-likeness (QED) is 0.778. The molecule has 0 saturated heterocycles. The molecule has 0 saturated carbocycles. The molecular weight excluding hydrogens is 190 g/mol. The van der Waals surface area contributed by atoms with Crippen LogP contribution in [0.15, 0.2) is 18.2 Å². The Balaban J connectivity index is 2.25. The molecule has 0 amide bonds. The Hall–Kier alpha value is -1.22. The van der Waals surface area contributed by atoms with Gasteiger partial charge in [-0.3, -0.25) is 0 Å². The lowest BCUT2D eigenvalue weighted by Crippen LogP contribution is -2.40. The molecule has 0 aromatic heterocycles. The van der Waals surface area contributed by atoms with Gasteiger partial charge in [0.1, 0.15) is 11.9 Å². The Labute approximate surface area is 90.1 Å². The summed E-state index contributed by atoms with van der Waals surface area (Å²) in [5.41, 5.74) is 2.28. The van der Waals surface area contributed by atoms with Crippen molar-refractivity contribution in [2.75, 3.05) is 11.9 Å². The number of nitrogens with one attached hydrogen (secondary N) is 1. The van der Waals surface area contributed by atoms with Crippen LogP contribution in [0.1, 0.15) is 18.9 Å². The van der Waals surface area contributed by atoms with Crippen LogP contribution in [0.2, 0.25) is 0 Å². The smallest absolute Gasteiger partial charge is 0.143 e. The number of hydrogen-bond donors (Lipinski definition) is 2. The van der Waals surface area contributed by atoms with Crippen LogP contribution in [0.25, 0.3) is 0 Å². The van der Waals surface area contributed by atoms with Gasteiger partial charge in [0.15, 0.2) is 0 Å². The minimum absolute atomic E-state index is 0.0595. The molecule has 15 heavy (non-hydrogen) atoms. The predicted molar refractivity (Wildman–Crippen MR) is 60.4 cm³/mol. The van der Waals surface area contributed by atoms with E-state index in [0.29, 0.717) is 6.42 Å². The largest absolute Gasteiger partial charge is 0.486 e. The molecule has 1 aromatic rings. The van der Waals surface area contributed by atoms with Crippen LogP contribution in [0.3, 0.4) is 0 Å². The average molecular weight is 207 g/mol. The summed E-state index contributed by atoms with van der Waals surface area (Å²) >= 11 is 0. The van der Waals surface area contributed by atoms with Crippen molar-refractivity contribution in [1.82, 2.24) is 0 Å². The van der Waals surface area contributed by atoms with Crippen molar-refractivity contribution >= 4 is 5.69 Å². The first-order valence-electron chi connectivity index (χ1n) is 5.36. The molecule has 2 rings (SSSR count). The summed E-state index contributed by atoms with van der Waals surface area (Å²) in [5.74, 6) is 0.895. The van der Waals surface area contributed by atoms with E-state index in [9.17, 15) is 0 Å². The summed E-state index contributed by atoms with van der Waals surface area (Å²) in [6.07, 6.45) is 0.728. The zero-order valence-electron chi connectivity index (χ0n) is 9.16. The third-order valence-corrected chi connectivity index (χ3v) is 2.86. The van der Waals surface area contributed by atoms with Crippen molar-refractivity contribution in [3.63, 3.8) is 0 Å². The molecule has 82 valence electrons. The van der Waals surface area contributed by atoms with Crippen molar-refractivity contribution < 1.29 is 9.84 Å². The fourth-order valence-electron chi connectivity index (χ4n) is 1.95. The van der Waals surface area contributed by atoms with E-state index in [0.717, 1.165) is 11.4 Å². The number of para-hydroxylation sites is 1. The van der Waals surface area contributed by atoms with E-state index < -0.39 is 0 Å². The van der Waals surface area contributed by atoms with Gasteiger partial charge in [-0.2, -0.15) is 0 Å². The highest BCUT2D eigenvalue weighted by molar-refractivity contribution is 5.63. The molecule has 0 fully saturated rings. The highest BCUT2D eigenvalue weighted by Gasteiger charge is 2.26. The van der Waals surface area contributed by atoms with Crippen molar-refractivity contribution in [3.05, 3.63) is 23.8 Å². The molecule has 1 aliphatic heterocycles. The Morgan fingerprint density at radius 2 is 2.27 bits per heavy atom. The molecule has 0 bridgehead atoms. The molecular formula is C12H17NO2. The lowest BCUT2D eigenvalue weighted by molar-refractivity contribution is 0.134. The van der Waals surface area contributed by atoms with Crippen LogP contribution in [-0.2, 0) is 0 Å². The van der Waals surface area contributed by atoms with Gasteiger partial charge in [-0.25, -0.2) is 0 Å². The van der Waals surface area contributed by atoms with Crippen LogP contribution in [0.5, 0.6) is 5.75 Å². The van der Waals surface area contributed by atoms with E-state index >= 15 is 0 Å². The van der Waals surface area contributed by atoms with Crippen molar-refractivity contribution in [1.29, 1.82) is 0 Å². The number of aryl methyl sites for hydroxylation is 1. The molecule has 0 radical (unpaired) electrons. The summed E-state index contributed by atoms with van der Waals surface area (Å²) in [4.78, 5) is 0. The normalized spacial score (nSPS) is 23.9. The predicted octanol–water partition coefficient (Wildman–Crippen LogP) is 1.94. The van der Waals surface area contributed by atoms with Crippen LogP contribution in [-0.4, -0.2) is 23.9 Å². The first-order chi connectivity index (χ1) is 7.22. The minimum Gasteiger partial charge on any atom is -0.486 e. The molecule has 3 heteroatoms. The lowest BCUT2D eigenvalue weighted by atomic mass is 10.0. The van der Waals surface area contributed by atoms with Gasteiger partial charge in [0, 0.05) is 13.0 Å². The van der Waals surface area contributed by atoms with E-state index in [2.05, 4.69) is 25.2 Å². The molecule has 2 atom stereocenters. The maximum absolute atomic E-state index is 8.93. The van der Waals surface area contributed by atoms with Gasteiger partial charge in [-0.1, -0.05) is 12.1 Å². The van der Waals surface area contributed by atoms with E-state index in [1.54, 1.807) is 0 Å². The fourth-order valence-corrected chi connectivity index (χ4v) is 1.95. The number of aliphatic hydroxyl groups excluding tert-OH is 1. The third-order valence-electron chi connectivity index (χ3n) is 2.86. The summed E-state index contributed by atoms with van der Waals surface area (Å²) in [6, 6.07) is 6.26. The number of aliphatic hydroxyl groups is 1. The van der Waals surface area contributed by atoms with Gasteiger partial charge in [-0.15, -0.1) is 0 Å². The van der Waals surface area contributed by atoms with Crippen LogP contribution in [0, 0.1) is 6.92 Å². The second-order valence-corrected chi connectivity index (χ2v) is 4.05. The van der Waals surface area contributed by atoms with Crippen molar-refractivity contribution in [2.24, 2.45) is 0 Å². The number of hydrogen-bond acceptors (Lipinski definition) is 3. The van der Waals surface area contributed by atoms with Crippen LogP contribution in [0.4, 0.5) is 5.69 Å². The summed E-state index contributed by atoms with van der Waals surface area (Å²) in [5, 5.41) is 12.4. The first kappa shape index (κ1) is 10.3. The van der Waals surface area contributed by atoms with Gasteiger partial charge in [0.2, 0.25) is 0 Å². The molecule has 1 aliphatic rings. The Morgan fingerprint density at radius 3 is 3.00 bits per heavy atom. The summed E-state index contributed by atoms with van der Waals surface area (Å²) in [7, 11) is 0. The maximum Gasteiger partial charge on any atom is 0.143 e. The SMILES string of the molecule is Cc1cccc2c1NC(C)C(CCO)O2. The molecule has 0 aliphatic carbocycles. The highest BCUT2D eigenvalue weighted by atomic mass is 16.5. The topological polar surface area (TPSA) is 41.5 Å². The Bertz CT molecular complexity index is 351.